The van der Waals surface area contributed by atoms with Crippen molar-refractivity contribution in [2.24, 2.45) is 0 Å². The van der Waals surface area contributed by atoms with Gasteiger partial charge in [-0.1, -0.05) is 18.2 Å². The van der Waals surface area contributed by atoms with Crippen LogP contribution < -0.4 is 0 Å². The highest BCUT2D eigenvalue weighted by atomic mass is 16.5. The summed E-state index contributed by atoms with van der Waals surface area (Å²) in [5.41, 5.74) is 2.18. The van der Waals surface area contributed by atoms with Crippen LogP contribution in [-0.4, -0.2) is 56.6 Å². The minimum atomic E-state index is -1.40. The van der Waals surface area contributed by atoms with Gasteiger partial charge in [0.1, 0.15) is 30.5 Å². The zero-order valence-electron chi connectivity index (χ0n) is 11.2. The van der Waals surface area contributed by atoms with Gasteiger partial charge in [0.2, 0.25) is 0 Å². The Morgan fingerprint density at radius 3 is 2.35 bits per heavy atom. The zero-order valence-corrected chi connectivity index (χ0v) is 11.2. The fourth-order valence-corrected chi connectivity index (χ4v) is 2.42. The van der Waals surface area contributed by atoms with Crippen LogP contribution in [0.5, 0.6) is 0 Å². The molecule has 0 unspecified atom stereocenters. The van der Waals surface area contributed by atoms with Crippen LogP contribution in [0.15, 0.2) is 18.2 Å². The summed E-state index contributed by atoms with van der Waals surface area (Å²) in [7, 11) is 0. The first-order valence-electron chi connectivity index (χ1n) is 6.50. The van der Waals surface area contributed by atoms with E-state index in [1.807, 2.05) is 6.92 Å². The van der Waals surface area contributed by atoms with Gasteiger partial charge in [-0.2, -0.15) is 0 Å². The molecular weight excluding hydrogens is 264 g/mol. The van der Waals surface area contributed by atoms with Gasteiger partial charge in [-0.15, -0.1) is 0 Å². The van der Waals surface area contributed by atoms with Crippen LogP contribution in [0.2, 0.25) is 0 Å². The molecule has 5 atom stereocenters. The van der Waals surface area contributed by atoms with Gasteiger partial charge in [0.15, 0.2) is 0 Å². The molecule has 1 fully saturated rings. The number of hydrogen-bond donors (Lipinski definition) is 5. The van der Waals surface area contributed by atoms with Gasteiger partial charge in [-0.05, 0) is 23.6 Å². The zero-order chi connectivity index (χ0) is 14.9. The van der Waals surface area contributed by atoms with Crippen molar-refractivity contribution < 1.29 is 30.3 Å². The molecule has 0 spiro atoms. The van der Waals surface area contributed by atoms with E-state index in [1.165, 1.54) is 0 Å². The van der Waals surface area contributed by atoms with E-state index >= 15 is 0 Å². The summed E-state index contributed by atoms with van der Waals surface area (Å²) in [4.78, 5) is 0. The second-order valence-corrected chi connectivity index (χ2v) is 5.09. The van der Waals surface area contributed by atoms with Gasteiger partial charge in [0.25, 0.3) is 0 Å². The molecule has 2 rings (SSSR count). The number of aliphatic hydroxyl groups is 5. The van der Waals surface area contributed by atoms with Crippen LogP contribution in [0.3, 0.4) is 0 Å². The van der Waals surface area contributed by atoms with E-state index in [2.05, 4.69) is 0 Å². The lowest BCUT2D eigenvalue weighted by molar-refractivity contribution is -0.231. The Hall–Kier alpha value is -1.02. The number of aliphatic hydroxyl groups excluding tert-OH is 5. The lowest BCUT2D eigenvalue weighted by Crippen LogP contribution is -2.55. The Morgan fingerprint density at radius 1 is 1.05 bits per heavy atom. The minimum Gasteiger partial charge on any atom is -0.394 e. The molecule has 5 N–H and O–H groups in total. The molecule has 1 saturated heterocycles. The molecule has 1 heterocycles. The molecule has 0 bridgehead atoms. The summed E-state index contributed by atoms with van der Waals surface area (Å²) < 4.78 is 5.46. The lowest BCUT2D eigenvalue weighted by atomic mass is 9.90. The van der Waals surface area contributed by atoms with E-state index in [4.69, 9.17) is 9.84 Å². The van der Waals surface area contributed by atoms with Crippen molar-refractivity contribution in [1.82, 2.24) is 0 Å². The Balaban J connectivity index is 2.31. The van der Waals surface area contributed by atoms with Gasteiger partial charge < -0.3 is 30.3 Å². The van der Waals surface area contributed by atoms with Crippen molar-refractivity contribution in [1.29, 1.82) is 0 Å². The largest absolute Gasteiger partial charge is 0.394 e. The molecule has 0 aromatic heterocycles. The van der Waals surface area contributed by atoms with Crippen molar-refractivity contribution >= 4 is 0 Å². The number of ether oxygens (including phenoxy) is 1. The number of rotatable bonds is 3. The molecule has 0 aliphatic carbocycles. The van der Waals surface area contributed by atoms with Crippen molar-refractivity contribution in [2.45, 2.75) is 44.1 Å². The highest BCUT2D eigenvalue weighted by Crippen LogP contribution is 2.33. The Bertz CT molecular complexity index is 461. The Labute approximate surface area is 116 Å². The van der Waals surface area contributed by atoms with Crippen LogP contribution in [0, 0.1) is 6.92 Å². The first-order valence-corrected chi connectivity index (χ1v) is 6.50. The van der Waals surface area contributed by atoms with Crippen LogP contribution in [0.4, 0.5) is 0 Å². The van der Waals surface area contributed by atoms with Crippen molar-refractivity contribution in [3.8, 4) is 0 Å². The Morgan fingerprint density at radius 2 is 1.75 bits per heavy atom. The predicted octanol–water partition coefficient (Wildman–Crippen LogP) is -0.998. The summed E-state index contributed by atoms with van der Waals surface area (Å²) in [6.07, 6.45) is -5.87. The molecule has 20 heavy (non-hydrogen) atoms. The average Bonchev–Trinajstić information content (AvgIpc) is 2.46. The first-order chi connectivity index (χ1) is 9.49. The standard InChI is InChI=1S/C14H20O6/c1-7-2-3-8(4-9(7)5-15)14-13(19)12(18)11(17)10(6-16)20-14/h2-4,10-19H,5-6H2,1H3/t10-,11-,12+,13-,14+/m1/s1. The molecular formula is C14H20O6. The van der Waals surface area contributed by atoms with Crippen LogP contribution in [0.1, 0.15) is 22.8 Å². The maximum Gasteiger partial charge on any atom is 0.113 e. The highest BCUT2D eigenvalue weighted by Gasteiger charge is 2.43. The molecule has 6 nitrogen and oxygen atoms in total. The van der Waals surface area contributed by atoms with E-state index in [0.29, 0.717) is 11.1 Å². The average molecular weight is 284 g/mol. The quantitative estimate of drug-likeness (QED) is 0.487. The third-order valence-corrected chi connectivity index (χ3v) is 3.76. The van der Waals surface area contributed by atoms with E-state index in [9.17, 15) is 20.4 Å². The molecule has 6 heteroatoms. The van der Waals surface area contributed by atoms with Crippen LogP contribution >= 0.6 is 0 Å². The topological polar surface area (TPSA) is 110 Å². The molecule has 0 saturated carbocycles. The van der Waals surface area contributed by atoms with Crippen LogP contribution in [0.25, 0.3) is 0 Å². The first kappa shape index (κ1) is 15.4. The SMILES string of the molecule is Cc1ccc([C@@H]2O[C@H](CO)[C@@H](O)[C@H](O)[C@H]2O)cc1CO. The summed E-state index contributed by atoms with van der Waals surface area (Å²) in [6, 6.07) is 5.19. The smallest absolute Gasteiger partial charge is 0.113 e. The van der Waals surface area contributed by atoms with Crippen LogP contribution in [-0.2, 0) is 11.3 Å². The highest BCUT2D eigenvalue weighted by molar-refractivity contribution is 5.32. The van der Waals surface area contributed by atoms with E-state index < -0.39 is 37.1 Å². The summed E-state index contributed by atoms with van der Waals surface area (Å²) >= 11 is 0. The van der Waals surface area contributed by atoms with Gasteiger partial charge in [0, 0.05) is 0 Å². The van der Waals surface area contributed by atoms with Crippen molar-refractivity contribution in [3.63, 3.8) is 0 Å². The molecule has 1 aliphatic heterocycles. The molecule has 0 amide bonds. The Kier molecular flexibility index (Phi) is 4.74. The van der Waals surface area contributed by atoms with Crippen molar-refractivity contribution in [2.75, 3.05) is 6.61 Å². The van der Waals surface area contributed by atoms with Crippen molar-refractivity contribution in [3.05, 3.63) is 34.9 Å². The molecule has 1 aromatic carbocycles. The van der Waals surface area contributed by atoms with Gasteiger partial charge >= 0.3 is 0 Å². The van der Waals surface area contributed by atoms with Gasteiger partial charge in [0.05, 0.1) is 13.2 Å². The lowest BCUT2D eigenvalue weighted by Gasteiger charge is -2.40. The molecule has 1 aromatic rings. The summed E-state index contributed by atoms with van der Waals surface area (Å²) in [5, 5.41) is 48.0. The normalized spacial score (nSPS) is 34.2. The maximum absolute atomic E-state index is 10.0. The number of benzene rings is 1. The third kappa shape index (κ3) is 2.71. The summed E-state index contributed by atoms with van der Waals surface area (Å²) in [5.74, 6) is 0. The van der Waals surface area contributed by atoms with Gasteiger partial charge in [-0.25, -0.2) is 0 Å². The molecule has 1 aliphatic rings. The second-order valence-electron chi connectivity index (χ2n) is 5.09. The third-order valence-electron chi connectivity index (χ3n) is 3.76. The fourth-order valence-electron chi connectivity index (χ4n) is 2.42. The number of hydrogen-bond acceptors (Lipinski definition) is 6. The van der Waals surface area contributed by atoms with E-state index in [-0.39, 0.29) is 6.61 Å². The number of aryl methyl sites for hydroxylation is 1. The summed E-state index contributed by atoms with van der Waals surface area (Å²) in [6.45, 7) is 1.25. The molecule has 0 radical (unpaired) electrons. The van der Waals surface area contributed by atoms with Gasteiger partial charge in [-0.3, -0.25) is 0 Å². The predicted molar refractivity (Wildman–Crippen MR) is 69.8 cm³/mol. The monoisotopic (exact) mass is 284 g/mol. The maximum atomic E-state index is 10.0. The minimum absolute atomic E-state index is 0.142. The second kappa shape index (κ2) is 6.17. The molecule has 112 valence electrons. The van der Waals surface area contributed by atoms with E-state index in [0.717, 1.165) is 5.56 Å². The van der Waals surface area contributed by atoms with E-state index in [1.54, 1.807) is 18.2 Å². The fraction of sp³-hybridized carbons (Fsp3) is 0.571.